The summed E-state index contributed by atoms with van der Waals surface area (Å²) in [5.41, 5.74) is 0.762. The summed E-state index contributed by atoms with van der Waals surface area (Å²) >= 11 is 0. The molecule has 2 N–H and O–H groups in total. The van der Waals surface area contributed by atoms with Gasteiger partial charge in [0.05, 0.1) is 10.9 Å². The molecule has 1 aromatic heterocycles. The smallest absolute Gasteiger partial charge is 0.326 e. The van der Waals surface area contributed by atoms with Crippen LogP contribution in [0.5, 0.6) is 0 Å². The summed E-state index contributed by atoms with van der Waals surface area (Å²) in [7, 11) is 0. The van der Waals surface area contributed by atoms with Crippen LogP contribution < -0.4 is 21.9 Å². The van der Waals surface area contributed by atoms with Gasteiger partial charge in [0, 0.05) is 24.8 Å². The fourth-order valence-corrected chi connectivity index (χ4v) is 3.43. The predicted molar refractivity (Wildman–Crippen MR) is 121 cm³/mol. The molecule has 31 heavy (non-hydrogen) atoms. The first-order chi connectivity index (χ1) is 14.9. The average molecular weight is 422 g/mol. The minimum absolute atomic E-state index is 0.183. The van der Waals surface area contributed by atoms with E-state index in [-0.39, 0.29) is 18.0 Å². The minimum Gasteiger partial charge on any atom is -0.326 e. The Kier molecular flexibility index (Phi) is 7.02. The molecule has 0 aliphatic carbocycles. The Labute approximate surface area is 179 Å². The van der Waals surface area contributed by atoms with Crippen molar-refractivity contribution in [1.82, 2.24) is 9.13 Å². The molecule has 0 radical (unpaired) electrons. The third kappa shape index (κ3) is 5.28. The Morgan fingerprint density at radius 1 is 0.871 bits per heavy atom. The standard InChI is InChI=1S/C23H26N4O4/c1-3-4-7-14-26-22(30)19-8-5-6-9-20(19)27(23(26)31)15-21(29)25-18-12-10-17(11-13-18)24-16(2)28/h5-6,8-13H,3-4,7,14-15H2,1-2H3,(H,24,28)(H,25,29). The fraction of sp³-hybridized carbons (Fsp3) is 0.304. The number of amides is 2. The fourth-order valence-electron chi connectivity index (χ4n) is 3.43. The molecule has 0 unspecified atom stereocenters. The van der Waals surface area contributed by atoms with Crippen LogP contribution in [0.2, 0.25) is 0 Å². The van der Waals surface area contributed by atoms with Crippen LogP contribution in [0.1, 0.15) is 33.1 Å². The Balaban J connectivity index is 1.87. The maximum Gasteiger partial charge on any atom is 0.331 e. The van der Waals surface area contributed by atoms with E-state index < -0.39 is 11.6 Å². The average Bonchev–Trinajstić information content (AvgIpc) is 2.74. The number of carbonyl (C=O) groups excluding carboxylic acids is 2. The molecule has 8 nitrogen and oxygen atoms in total. The minimum atomic E-state index is -0.490. The van der Waals surface area contributed by atoms with E-state index in [2.05, 4.69) is 17.6 Å². The highest BCUT2D eigenvalue weighted by Gasteiger charge is 2.15. The van der Waals surface area contributed by atoms with Crippen molar-refractivity contribution < 1.29 is 9.59 Å². The van der Waals surface area contributed by atoms with Crippen molar-refractivity contribution >= 4 is 34.1 Å². The summed E-state index contributed by atoms with van der Waals surface area (Å²) in [5.74, 6) is -0.574. The molecule has 2 aromatic carbocycles. The highest BCUT2D eigenvalue weighted by atomic mass is 16.2. The van der Waals surface area contributed by atoms with Crippen molar-refractivity contribution in [2.45, 2.75) is 46.2 Å². The van der Waals surface area contributed by atoms with Crippen molar-refractivity contribution in [2.24, 2.45) is 0 Å². The second-order valence-electron chi connectivity index (χ2n) is 7.36. The van der Waals surface area contributed by atoms with Crippen molar-refractivity contribution in [2.75, 3.05) is 10.6 Å². The first-order valence-electron chi connectivity index (χ1n) is 10.3. The number of aromatic nitrogens is 2. The van der Waals surface area contributed by atoms with E-state index in [4.69, 9.17) is 0 Å². The molecule has 1 heterocycles. The molecule has 2 amide bonds. The van der Waals surface area contributed by atoms with Gasteiger partial charge in [-0.05, 0) is 42.8 Å². The van der Waals surface area contributed by atoms with Crippen molar-refractivity contribution in [1.29, 1.82) is 0 Å². The number of carbonyl (C=O) groups is 2. The summed E-state index contributed by atoms with van der Waals surface area (Å²) in [4.78, 5) is 49.6. The number of hydrogen-bond donors (Lipinski definition) is 2. The number of hydrogen-bond acceptors (Lipinski definition) is 4. The van der Waals surface area contributed by atoms with Crippen LogP contribution in [-0.4, -0.2) is 20.9 Å². The summed E-state index contributed by atoms with van der Waals surface area (Å²) in [6.45, 7) is 3.57. The molecule has 0 aliphatic rings. The number of nitrogens with zero attached hydrogens (tertiary/aromatic N) is 2. The molecule has 162 valence electrons. The second-order valence-corrected chi connectivity index (χ2v) is 7.36. The largest absolute Gasteiger partial charge is 0.331 e. The molecule has 0 saturated carbocycles. The number of rotatable bonds is 8. The van der Waals surface area contributed by atoms with Crippen molar-refractivity contribution in [3.63, 3.8) is 0 Å². The number of unbranched alkanes of at least 4 members (excludes halogenated alkanes) is 2. The van der Waals surface area contributed by atoms with E-state index in [0.29, 0.717) is 28.8 Å². The number of para-hydroxylation sites is 1. The first kappa shape index (κ1) is 22.0. The molecule has 0 fully saturated rings. The molecule has 0 atom stereocenters. The lowest BCUT2D eigenvalue weighted by molar-refractivity contribution is -0.117. The highest BCUT2D eigenvalue weighted by molar-refractivity contribution is 5.92. The van der Waals surface area contributed by atoms with Crippen LogP contribution in [0.25, 0.3) is 10.9 Å². The van der Waals surface area contributed by atoms with Crippen LogP contribution in [0.3, 0.4) is 0 Å². The van der Waals surface area contributed by atoms with Gasteiger partial charge < -0.3 is 10.6 Å². The van der Waals surface area contributed by atoms with Gasteiger partial charge in [0.15, 0.2) is 0 Å². The van der Waals surface area contributed by atoms with E-state index in [1.165, 1.54) is 16.1 Å². The van der Waals surface area contributed by atoms with Crippen LogP contribution in [-0.2, 0) is 22.7 Å². The van der Waals surface area contributed by atoms with E-state index in [0.717, 1.165) is 19.3 Å². The highest BCUT2D eigenvalue weighted by Crippen LogP contribution is 2.14. The van der Waals surface area contributed by atoms with Gasteiger partial charge >= 0.3 is 5.69 Å². The second kappa shape index (κ2) is 9.88. The topological polar surface area (TPSA) is 102 Å². The normalized spacial score (nSPS) is 10.8. The van der Waals surface area contributed by atoms with Gasteiger partial charge in [-0.25, -0.2) is 4.79 Å². The van der Waals surface area contributed by atoms with Gasteiger partial charge in [0.1, 0.15) is 6.54 Å². The Hall–Kier alpha value is -3.68. The van der Waals surface area contributed by atoms with Gasteiger partial charge in [-0.1, -0.05) is 31.9 Å². The Bertz CT molecular complexity index is 1210. The Morgan fingerprint density at radius 2 is 1.52 bits per heavy atom. The molecule has 3 aromatic rings. The first-order valence-corrected chi connectivity index (χ1v) is 10.3. The zero-order valence-electron chi connectivity index (χ0n) is 17.7. The summed E-state index contributed by atoms with van der Waals surface area (Å²) in [5, 5.41) is 5.81. The maximum absolute atomic E-state index is 13.0. The summed E-state index contributed by atoms with van der Waals surface area (Å²) in [6, 6.07) is 13.5. The number of fused-ring (bicyclic) bond motifs is 1. The molecule has 0 aliphatic heterocycles. The molecular formula is C23H26N4O4. The molecular weight excluding hydrogens is 396 g/mol. The van der Waals surface area contributed by atoms with Gasteiger partial charge in [0.25, 0.3) is 5.56 Å². The zero-order chi connectivity index (χ0) is 22.4. The molecule has 0 spiro atoms. The molecule has 0 bridgehead atoms. The third-order valence-corrected chi connectivity index (χ3v) is 4.91. The lowest BCUT2D eigenvalue weighted by Gasteiger charge is -2.14. The predicted octanol–water partition coefficient (Wildman–Crippen LogP) is 2.95. The quantitative estimate of drug-likeness (QED) is 0.545. The number of nitrogens with one attached hydrogen (secondary N) is 2. The summed E-state index contributed by atoms with van der Waals surface area (Å²) in [6.07, 6.45) is 2.60. The summed E-state index contributed by atoms with van der Waals surface area (Å²) < 4.78 is 2.55. The van der Waals surface area contributed by atoms with E-state index >= 15 is 0 Å². The van der Waals surface area contributed by atoms with E-state index in [1.807, 2.05) is 0 Å². The lowest BCUT2D eigenvalue weighted by atomic mass is 10.2. The van der Waals surface area contributed by atoms with Gasteiger partial charge in [-0.3, -0.25) is 23.5 Å². The monoisotopic (exact) mass is 422 g/mol. The SMILES string of the molecule is CCCCCn1c(=O)c2ccccc2n(CC(=O)Nc2ccc(NC(C)=O)cc2)c1=O. The number of anilines is 2. The van der Waals surface area contributed by atoms with Crippen LogP contribution in [0.15, 0.2) is 58.1 Å². The molecule has 8 heteroatoms. The van der Waals surface area contributed by atoms with Gasteiger partial charge in [-0.15, -0.1) is 0 Å². The Morgan fingerprint density at radius 3 is 2.16 bits per heavy atom. The zero-order valence-corrected chi connectivity index (χ0v) is 17.7. The van der Waals surface area contributed by atoms with Crippen LogP contribution in [0.4, 0.5) is 11.4 Å². The van der Waals surface area contributed by atoms with Gasteiger partial charge in [0.2, 0.25) is 11.8 Å². The number of benzene rings is 2. The molecule has 0 saturated heterocycles. The lowest BCUT2D eigenvalue weighted by Crippen LogP contribution is -2.41. The van der Waals surface area contributed by atoms with E-state index in [1.54, 1.807) is 48.5 Å². The van der Waals surface area contributed by atoms with Crippen molar-refractivity contribution in [3.8, 4) is 0 Å². The van der Waals surface area contributed by atoms with Crippen LogP contribution >= 0.6 is 0 Å². The molecule has 3 rings (SSSR count). The van der Waals surface area contributed by atoms with Gasteiger partial charge in [-0.2, -0.15) is 0 Å². The van der Waals surface area contributed by atoms with Crippen LogP contribution in [0, 0.1) is 0 Å². The van der Waals surface area contributed by atoms with Crippen molar-refractivity contribution in [3.05, 3.63) is 69.4 Å². The van der Waals surface area contributed by atoms with E-state index in [9.17, 15) is 19.2 Å². The maximum atomic E-state index is 13.0. The third-order valence-electron chi connectivity index (χ3n) is 4.91.